The van der Waals surface area contributed by atoms with Crippen LogP contribution in [0.3, 0.4) is 0 Å². The Balaban J connectivity index is 1.69. The predicted molar refractivity (Wildman–Crippen MR) is 106 cm³/mol. The molecule has 0 atom stereocenters. The van der Waals surface area contributed by atoms with Crippen LogP contribution in [0.2, 0.25) is 0 Å². The molecule has 31 heavy (non-hydrogen) atoms. The zero-order chi connectivity index (χ0) is 22.5. The van der Waals surface area contributed by atoms with Crippen molar-refractivity contribution in [3.63, 3.8) is 0 Å². The second-order valence-corrected chi connectivity index (χ2v) is 8.89. The van der Waals surface area contributed by atoms with Crippen LogP contribution in [-0.2, 0) is 6.54 Å². The number of aromatic nitrogens is 3. The van der Waals surface area contributed by atoms with Crippen LogP contribution >= 0.6 is 0 Å². The quantitative estimate of drug-likeness (QED) is 0.607. The van der Waals surface area contributed by atoms with Crippen LogP contribution in [0, 0.1) is 11.8 Å². The van der Waals surface area contributed by atoms with E-state index in [0.29, 0.717) is 0 Å². The Kier molecular flexibility index (Phi) is 5.22. The summed E-state index contributed by atoms with van der Waals surface area (Å²) in [6.07, 6.45) is 2.27. The summed E-state index contributed by atoms with van der Waals surface area (Å²) >= 11 is 0. The van der Waals surface area contributed by atoms with E-state index in [1.807, 2.05) is 13.8 Å². The summed E-state index contributed by atoms with van der Waals surface area (Å²) in [6.45, 7) is 4.00. The lowest BCUT2D eigenvalue weighted by molar-refractivity contribution is -0.108. The lowest BCUT2D eigenvalue weighted by Crippen LogP contribution is -2.42. The third-order valence-corrected chi connectivity index (χ3v) is 5.54. The van der Waals surface area contributed by atoms with Gasteiger partial charge in [0.1, 0.15) is 5.56 Å². The summed E-state index contributed by atoms with van der Waals surface area (Å²) in [7, 11) is 0. The van der Waals surface area contributed by atoms with Gasteiger partial charge in [0.25, 0.3) is 17.4 Å². The Bertz CT molecular complexity index is 1100. The van der Waals surface area contributed by atoms with Crippen molar-refractivity contribution in [2.45, 2.75) is 58.0 Å². The summed E-state index contributed by atoms with van der Waals surface area (Å²) in [5, 5.41) is 19.9. The number of amides is 2. The summed E-state index contributed by atoms with van der Waals surface area (Å²) in [4.78, 5) is 38.4. The molecule has 0 aliphatic heterocycles. The molecule has 2 aromatic heterocycles. The van der Waals surface area contributed by atoms with Crippen LogP contribution in [0.25, 0.3) is 5.65 Å². The van der Waals surface area contributed by atoms with Crippen molar-refractivity contribution in [1.29, 1.82) is 0 Å². The first-order valence-corrected chi connectivity index (χ1v) is 10.4. The van der Waals surface area contributed by atoms with Crippen molar-refractivity contribution in [2.75, 3.05) is 6.54 Å². The Labute approximate surface area is 176 Å². The number of hydrogen-bond acceptors (Lipinski definition) is 5. The molecule has 2 fully saturated rings. The maximum Gasteiger partial charge on any atom is 0.270 e. The van der Waals surface area contributed by atoms with Crippen molar-refractivity contribution in [1.82, 2.24) is 24.8 Å². The zero-order valence-electron chi connectivity index (χ0n) is 17.3. The summed E-state index contributed by atoms with van der Waals surface area (Å²) in [5.74, 6) is -4.91. The van der Waals surface area contributed by atoms with Crippen LogP contribution in [0.5, 0.6) is 5.88 Å². The SMILES string of the molecule is CC(C)Cn1c(=O)c(C(=O)NC2CC2)c(O)n2ncc(C(=O)NCC3CC(F)(F)C3)c12. The second kappa shape index (κ2) is 7.61. The molecule has 11 heteroatoms. The number of carbonyl (C=O) groups excluding carboxylic acids is 2. The molecule has 2 aromatic rings. The van der Waals surface area contributed by atoms with Gasteiger partial charge in [0.15, 0.2) is 11.2 Å². The highest BCUT2D eigenvalue weighted by molar-refractivity contribution is 6.01. The van der Waals surface area contributed by atoms with E-state index < -0.39 is 34.7 Å². The van der Waals surface area contributed by atoms with Crippen LogP contribution in [0.1, 0.15) is 60.2 Å². The smallest absolute Gasteiger partial charge is 0.270 e. The number of aromatic hydroxyl groups is 1. The van der Waals surface area contributed by atoms with E-state index in [2.05, 4.69) is 15.7 Å². The van der Waals surface area contributed by atoms with Gasteiger partial charge < -0.3 is 15.7 Å². The van der Waals surface area contributed by atoms with Crippen molar-refractivity contribution in [2.24, 2.45) is 11.8 Å². The van der Waals surface area contributed by atoms with Gasteiger partial charge in [0.05, 0.1) is 6.20 Å². The van der Waals surface area contributed by atoms with Gasteiger partial charge in [-0.25, -0.2) is 8.78 Å². The molecule has 2 aliphatic carbocycles. The molecule has 0 spiro atoms. The fraction of sp³-hybridized carbons (Fsp3) is 0.600. The van der Waals surface area contributed by atoms with E-state index in [1.165, 1.54) is 10.8 Å². The number of fused-ring (bicyclic) bond motifs is 1. The number of nitrogens with one attached hydrogen (secondary N) is 2. The number of rotatable bonds is 7. The van der Waals surface area contributed by atoms with Crippen LogP contribution in [0.4, 0.5) is 8.78 Å². The lowest BCUT2D eigenvalue weighted by atomic mass is 9.81. The molecule has 9 nitrogen and oxygen atoms in total. The average molecular weight is 437 g/mol. The van der Waals surface area contributed by atoms with Gasteiger partial charge in [0, 0.05) is 32.0 Å². The minimum atomic E-state index is -2.68. The molecule has 0 bridgehead atoms. The fourth-order valence-electron chi connectivity index (χ4n) is 3.83. The van der Waals surface area contributed by atoms with Crippen molar-refractivity contribution in [3.8, 4) is 5.88 Å². The predicted octanol–water partition coefficient (Wildman–Crippen LogP) is 1.52. The van der Waals surface area contributed by atoms with E-state index in [0.717, 1.165) is 17.4 Å². The largest absolute Gasteiger partial charge is 0.492 e. The standard InChI is InChI=1S/C20H25F2N5O4/c1-10(2)9-26-17-13(15(28)23-7-11-5-20(21,22)6-11)8-24-27(17)19(31)14(18(26)30)16(29)25-12-3-4-12/h8,10-12,31H,3-7,9H2,1-2H3,(H,23,28)(H,25,29). The fourth-order valence-corrected chi connectivity index (χ4v) is 3.83. The number of nitrogens with zero attached hydrogens (tertiary/aromatic N) is 3. The molecule has 2 aliphatic rings. The number of halogens is 2. The second-order valence-electron chi connectivity index (χ2n) is 8.89. The first-order chi connectivity index (χ1) is 14.6. The van der Waals surface area contributed by atoms with E-state index in [4.69, 9.17) is 0 Å². The Morgan fingerprint density at radius 1 is 1.29 bits per heavy atom. The number of hydrogen-bond donors (Lipinski definition) is 3. The van der Waals surface area contributed by atoms with E-state index in [9.17, 15) is 28.3 Å². The highest BCUT2D eigenvalue weighted by Gasteiger charge is 2.45. The molecule has 2 amide bonds. The van der Waals surface area contributed by atoms with Gasteiger partial charge >= 0.3 is 0 Å². The minimum Gasteiger partial charge on any atom is -0.492 e. The lowest BCUT2D eigenvalue weighted by Gasteiger charge is -2.34. The van der Waals surface area contributed by atoms with Gasteiger partial charge in [-0.1, -0.05) is 13.8 Å². The molecule has 2 heterocycles. The monoisotopic (exact) mass is 437 g/mol. The Morgan fingerprint density at radius 2 is 1.97 bits per heavy atom. The number of alkyl halides is 2. The summed E-state index contributed by atoms with van der Waals surface area (Å²) in [6, 6.07) is -0.0154. The molecule has 0 unspecified atom stereocenters. The molecule has 0 aromatic carbocycles. The average Bonchev–Trinajstić information content (AvgIpc) is 3.35. The number of carbonyl (C=O) groups is 2. The van der Waals surface area contributed by atoms with Gasteiger partial charge in [-0.05, 0) is 24.7 Å². The van der Waals surface area contributed by atoms with Crippen molar-refractivity contribution >= 4 is 17.5 Å². The van der Waals surface area contributed by atoms with Crippen molar-refractivity contribution < 1.29 is 23.5 Å². The third kappa shape index (κ3) is 4.13. The molecule has 0 radical (unpaired) electrons. The molecule has 3 N–H and O–H groups in total. The maximum absolute atomic E-state index is 13.1. The normalized spacial score (nSPS) is 18.2. The molecule has 168 valence electrons. The molecular formula is C20H25F2N5O4. The van der Waals surface area contributed by atoms with E-state index in [-0.39, 0.29) is 55.0 Å². The zero-order valence-corrected chi connectivity index (χ0v) is 17.3. The minimum absolute atomic E-state index is 0.00611. The Hall–Kier alpha value is -2.98. The van der Waals surface area contributed by atoms with Crippen LogP contribution in [-0.4, -0.2) is 49.6 Å². The molecule has 2 saturated carbocycles. The van der Waals surface area contributed by atoms with E-state index in [1.54, 1.807) is 0 Å². The molecule has 0 saturated heterocycles. The van der Waals surface area contributed by atoms with Gasteiger partial charge in [-0.15, -0.1) is 0 Å². The molecular weight excluding hydrogens is 412 g/mol. The summed E-state index contributed by atoms with van der Waals surface area (Å²) in [5.41, 5.74) is -1.07. The van der Waals surface area contributed by atoms with Crippen LogP contribution in [0.15, 0.2) is 11.0 Å². The first-order valence-electron chi connectivity index (χ1n) is 10.4. The van der Waals surface area contributed by atoms with E-state index >= 15 is 0 Å². The topological polar surface area (TPSA) is 118 Å². The summed E-state index contributed by atoms with van der Waals surface area (Å²) < 4.78 is 28.3. The van der Waals surface area contributed by atoms with Crippen LogP contribution < -0.4 is 16.2 Å². The molecule has 4 rings (SSSR count). The Morgan fingerprint density at radius 3 is 2.55 bits per heavy atom. The van der Waals surface area contributed by atoms with Crippen molar-refractivity contribution in [3.05, 3.63) is 27.7 Å². The highest BCUT2D eigenvalue weighted by atomic mass is 19.3. The van der Waals surface area contributed by atoms with Gasteiger partial charge in [-0.2, -0.15) is 9.61 Å². The van der Waals surface area contributed by atoms with Gasteiger partial charge in [0.2, 0.25) is 11.8 Å². The maximum atomic E-state index is 13.1. The van der Waals surface area contributed by atoms with Gasteiger partial charge in [-0.3, -0.25) is 19.0 Å². The third-order valence-electron chi connectivity index (χ3n) is 5.54. The highest BCUT2D eigenvalue weighted by Crippen LogP contribution is 2.41. The first kappa shape index (κ1) is 21.3.